The fraction of sp³-hybridized carbons (Fsp3) is 0.733. The van der Waals surface area contributed by atoms with Crippen LogP contribution in [0.15, 0.2) is 24.3 Å². The highest BCUT2D eigenvalue weighted by Crippen LogP contribution is 2.94. The Morgan fingerprint density at radius 1 is 0.511 bits per heavy atom. The zero-order chi connectivity index (χ0) is 31.0. The Kier molecular flexibility index (Phi) is 3.46. The number of halogens is 6. The maximum absolute atomic E-state index is 16.1. The summed E-state index contributed by atoms with van der Waals surface area (Å²) in [6.07, 6.45) is -9.89. The van der Waals surface area contributed by atoms with Crippen molar-refractivity contribution in [1.82, 2.24) is 0 Å². The van der Waals surface area contributed by atoms with E-state index >= 15 is 26.3 Å². The molecule has 15 heteroatoms. The summed E-state index contributed by atoms with van der Waals surface area (Å²) < 4.78 is 124. The van der Waals surface area contributed by atoms with E-state index in [9.17, 15) is 19.2 Å². The van der Waals surface area contributed by atoms with E-state index in [1.165, 1.54) is 24.3 Å². The summed E-state index contributed by atoms with van der Waals surface area (Å²) in [4.78, 5) is 54.7. The molecule has 0 aromatic carbocycles. The largest absolute Gasteiger partial charge is 0.418 e. The standard InChI is InChI=1S/C30H20F6O9/c31-29(32,33)27-15-7-5-8(24-12-2-1-11(41-12)23(7,24)19(37)43-20(24)38)16(15)28(45-27,30(34,35)36)18-10-6-9(17(18)27)25-13-3-4-14(42-13)26(10,25)22(40)44-21(25)39/h1-4,7-18H,5-6H2/t7-,8+,9+,10-,11+,12-,13-,14+,15+,16-,17-,18+,23+,24-,25-,26+,27?,28?. The molecule has 0 amide bonds. The van der Waals surface area contributed by atoms with Crippen molar-refractivity contribution in [2.75, 3.05) is 0 Å². The summed E-state index contributed by atoms with van der Waals surface area (Å²) in [6.45, 7) is 0. The van der Waals surface area contributed by atoms with Crippen molar-refractivity contribution >= 4 is 23.9 Å². The van der Waals surface area contributed by atoms with Gasteiger partial charge in [-0.3, -0.25) is 19.2 Å². The van der Waals surface area contributed by atoms with Gasteiger partial charge in [0.25, 0.3) is 0 Å². The molecular formula is C30H20F6O9. The summed E-state index contributed by atoms with van der Waals surface area (Å²) in [7, 11) is 0. The first-order chi connectivity index (χ1) is 21.2. The average molecular weight is 638 g/mol. The van der Waals surface area contributed by atoms with E-state index in [4.69, 9.17) is 23.7 Å². The molecule has 12 aliphatic rings. The highest BCUT2D eigenvalue weighted by atomic mass is 19.4. The Balaban J connectivity index is 1.17. The molecule has 0 aromatic heterocycles. The fourth-order valence-corrected chi connectivity index (χ4v) is 15.3. The summed E-state index contributed by atoms with van der Waals surface area (Å²) in [5.41, 5.74) is -14.6. The SMILES string of the molecule is O=C1OC(=O)[C@]23[C@@H]4C=C[C@@H](O4)[C@]12[C@H]1C[C@@H]3[C@H]2[C@@H]1C1(C(F)(F)F)OC2(C(F)(F)F)[C@H]2[C@@H]1[C@H]1C[C@@H]2[C@@]23C(=O)OC(=O)[C@@]12[C@@H]1C=C[C@H]3O1. The van der Waals surface area contributed by atoms with Crippen LogP contribution in [0, 0.1) is 69.0 Å². The summed E-state index contributed by atoms with van der Waals surface area (Å²) >= 11 is 0. The van der Waals surface area contributed by atoms with Crippen LogP contribution < -0.4 is 0 Å². The number of carbonyl (C=O) groups excluding carboxylic acids is 4. The Bertz CT molecular complexity index is 1530. The third kappa shape index (κ3) is 1.70. The predicted octanol–water partition coefficient (Wildman–Crippen LogP) is 2.18. The van der Waals surface area contributed by atoms with E-state index in [-0.39, 0.29) is 12.8 Å². The molecule has 4 aliphatic carbocycles. The second-order valence-electron chi connectivity index (χ2n) is 15.2. The molecule has 18 atom stereocenters. The molecule has 9 nitrogen and oxygen atoms in total. The number of alkyl halides is 6. The minimum atomic E-state index is -5.39. The molecule has 10 bridgehead atoms. The number of rotatable bonds is 0. The smallest absolute Gasteiger partial charge is 0.392 e. The first kappa shape index (κ1) is 25.3. The molecule has 8 aliphatic heterocycles. The maximum Gasteiger partial charge on any atom is 0.418 e. The van der Waals surface area contributed by atoms with Gasteiger partial charge in [-0.05, 0) is 36.5 Å². The Morgan fingerprint density at radius 3 is 1.02 bits per heavy atom. The molecule has 0 N–H and O–H groups in total. The number of carbonyl (C=O) groups is 4. The highest BCUT2D eigenvalue weighted by Gasteiger charge is 3.05. The predicted molar refractivity (Wildman–Crippen MR) is 123 cm³/mol. The van der Waals surface area contributed by atoms with Gasteiger partial charge in [-0.15, -0.1) is 0 Å². The number of cyclic esters (lactones) is 4. The maximum atomic E-state index is 16.1. The molecule has 10 fully saturated rings. The van der Waals surface area contributed by atoms with Gasteiger partial charge in [0.15, 0.2) is 11.2 Å². The minimum absolute atomic E-state index is 0.241. The monoisotopic (exact) mass is 638 g/mol. The Hall–Kier alpha value is -2.78. The van der Waals surface area contributed by atoms with Crippen LogP contribution in [0.2, 0.25) is 0 Å². The normalized spacial score (nSPS) is 65.1. The molecule has 236 valence electrons. The van der Waals surface area contributed by atoms with Crippen molar-refractivity contribution in [2.24, 2.45) is 69.0 Å². The van der Waals surface area contributed by atoms with Gasteiger partial charge in [-0.25, -0.2) is 0 Å². The number of fused-ring (bicyclic) bond motifs is 20. The van der Waals surface area contributed by atoms with Crippen LogP contribution in [-0.4, -0.2) is 71.8 Å². The van der Waals surface area contributed by atoms with Crippen LogP contribution in [-0.2, 0) is 42.9 Å². The summed E-state index contributed by atoms with van der Waals surface area (Å²) in [5.74, 6) is -17.4. The van der Waals surface area contributed by atoms with Gasteiger partial charge in [0.1, 0.15) is 21.7 Å². The minimum Gasteiger partial charge on any atom is -0.392 e. The van der Waals surface area contributed by atoms with E-state index < -0.39 is 141 Å². The van der Waals surface area contributed by atoms with E-state index in [1.54, 1.807) is 0 Å². The van der Waals surface area contributed by atoms with Crippen LogP contribution in [0.1, 0.15) is 12.8 Å². The van der Waals surface area contributed by atoms with Crippen LogP contribution in [0.5, 0.6) is 0 Å². The van der Waals surface area contributed by atoms with E-state index in [0.717, 1.165) is 0 Å². The summed E-state index contributed by atoms with van der Waals surface area (Å²) in [5, 5.41) is 0. The topological polar surface area (TPSA) is 114 Å². The lowest BCUT2D eigenvalue weighted by atomic mass is 9.37. The summed E-state index contributed by atoms with van der Waals surface area (Å²) in [6, 6.07) is 0. The number of hydrogen-bond donors (Lipinski definition) is 0. The van der Waals surface area contributed by atoms with Gasteiger partial charge in [-0.1, -0.05) is 24.3 Å². The highest BCUT2D eigenvalue weighted by molar-refractivity contribution is 6.07. The Labute approximate surface area is 247 Å². The van der Waals surface area contributed by atoms with Crippen LogP contribution in [0.4, 0.5) is 26.3 Å². The second kappa shape index (κ2) is 6.14. The Morgan fingerprint density at radius 2 is 0.778 bits per heavy atom. The zero-order valence-electron chi connectivity index (χ0n) is 22.6. The molecule has 0 spiro atoms. The van der Waals surface area contributed by atoms with Crippen LogP contribution >= 0.6 is 0 Å². The lowest BCUT2D eigenvalue weighted by molar-refractivity contribution is -0.331. The van der Waals surface area contributed by atoms with Crippen molar-refractivity contribution in [1.29, 1.82) is 0 Å². The van der Waals surface area contributed by atoms with Crippen LogP contribution in [0.3, 0.4) is 0 Å². The molecule has 4 saturated carbocycles. The van der Waals surface area contributed by atoms with Crippen molar-refractivity contribution in [3.05, 3.63) is 24.3 Å². The molecule has 0 radical (unpaired) electrons. The van der Waals surface area contributed by atoms with Crippen molar-refractivity contribution in [3.8, 4) is 0 Å². The molecule has 8 heterocycles. The number of hydrogen-bond acceptors (Lipinski definition) is 9. The number of ether oxygens (including phenoxy) is 5. The van der Waals surface area contributed by atoms with E-state index in [2.05, 4.69) is 0 Å². The lowest BCUT2D eigenvalue weighted by Gasteiger charge is -2.59. The molecule has 2 unspecified atom stereocenters. The molecule has 0 aromatic rings. The van der Waals surface area contributed by atoms with Crippen molar-refractivity contribution in [3.63, 3.8) is 0 Å². The molecule has 45 heavy (non-hydrogen) atoms. The fourth-order valence-electron chi connectivity index (χ4n) is 15.3. The number of esters is 4. The van der Waals surface area contributed by atoms with E-state index in [0.29, 0.717) is 0 Å². The van der Waals surface area contributed by atoms with E-state index in [1.807, 2.05) is 0 Å². The van der Waals surface area contributed by atoms with Gasteiger partial charge < -0.3 is 23.7 Å². The lowest BCUT2D eigenvalue weighted by Crippen LogP contribution is -2.73. The van der Waals surface area contributed by atoms with Crippen molar-refractivity contribution in [2.45, 2.75) is 60.8 Å². The zero-order valence-corrected chi connectivity index (χ0v) is 22.6. The van der Waals surface area contributed by atoms with Gasteiger partial charge in [-0.2, -0.15) is 26.3 Å². The van der Waals surface area contributed by atoms with Gasteiger partial charge >= 0.3 is 36.2 Å². The quantitative estimate of drug-likeness (QED) is 0.171. The van der Waals surface area contributed by atoms with Gasteiger partial charge in [0.05, 0.1) is 24.4 Å². The van der Waals surface area contributed by atoms with Crippen molar-refractivity contribution < 1.29 is 69.2 Å². The van der Waals surface area contributed by atoms with Crippen LogP contribution in [0.25, 0.3) is 0 Å². The average Bonchev–Trinajstić information content (AvgIpc) is 3.81. The molecular weight excluding hydrogens is 618 g/mol. The van der Waals surface area contributed by atoms with Gasteiger partial charge in [0, 0.05) is 23.7 Å². The third-order valence-electron chi connectivity index (χ3n) is 15.5. The first-order valence-corrected chi connectivity index (χ1v) is 15.2. The molecule has 12 rings (SSSR count). The molecule has 6 saturated heterocycles. The van der Waals surface area contributed by atoms with Gasteiger partial charge in [0.2, 0.25) is 0 Å². The first-order valence-electron chi connectivity index (χ1n) is 15.2. The second-order valence-corrected chi connectivity index (χ2v) is 15.2. The third-order valence-corrected chi connectivity index (χ3v) is 15.5.